The number of aromatic nitrogens is 1. The molecule has 0 aromatic carbocycles. The number of carboxylic acid groups (broad SMARTS) is 1. The first-order chi connectivity index (χ1) is 10.3. The van der Waals surface area contributed by atoms with Crippen LogP contribution >= 0.6 is 0 Å². The number of alkyl halides is 4. The Kier molecular flexibility index (Phi) is 5.84. The molecule has 22 heavy (non-hydrogen) atoms. The Labute approximate surface area is 122 Å². The van der Waals surface area contributed by atoms with E-state index in [1.54, 1.807) is 6.92 Å². The summed E-state index contributed by atoms with van der Waals surface area (Å²) in [5.74, 6) is -3.01. The van der Waals surface area contributed by atoms with Crippen molar-refractivity contribution >= 4 is 11.9 Å². The van der Waals surface area contributed by atoms with Crippen molar-refractivity contribution in [3.05, 3.63) is 28.1 Å². The second-order valence-corrected chi connectivity index (χ2v) is 4.26. The van der Waals surface area contributed by atoms with Gasteiger partial charge in [-0.1, -0.05) is 13.3 Å². The number of aromatic carboxylic acids is 1. The fraction of sp³-hybridized carbons (Fsp3) is 0.462. The maximum absolute atomic E-state index is 13.1. The molecule has 0 bridgehead atoms. The molecule has 5 nitrogen and oxygen atoms in total. The molecule has 0 radical (unpaired) electrons. The number of hydrogen-bond donors (Lipinski definition) is 1. The summed E-state index contributed by atoms with van der Waals surface area (Å²) in [7, 11) is 0.911. The summed E-state index contributed by atoms with van der Waals surface area (Å²) in [4.78, 5) is 26.0. The molecule has 0 spiro atoms. The van der Waals surface area contributed by atoms with E-state index >= 15 is 0 Å². The lowest BCUT2D eigenvalue weighted by Gasteiger charge is -2.17. The van der Waals surface area contributed by atoms with Crippen LogP contribution in [0.3, 0.4) is 0 Å². The summed E-state index contributed by atoms with van der Waals surface area (Å²) in [5, 5.41) is 9.12. The fourth-order valence-electron chi connectivity index (χ4n) is 2.06. The molecule has 0 aliphatic carbocycles. The van der Waals surface area contributed by atoms with Crippen molar-refractivity contribution in [3.63, 3.8) is 0 Å². The van der Waals surface area contributed by atoms with Crippen molar-refractivity contribution in [2.24, 2.45) is 0 Å². The molecule has 0 unspecified atom stereocenters. The van der Waals surface area contributed by atoms with E-state index in [1.807, 2.05) is 0 Å². The Morgan fingerprint density at radius 3 is 2.00 bits per heavy atom. The number of carbonyl (C=O) groups excluding carboxylic acids is 1. The molecule has 1 N–H and O–H groups in total. The zero-order chi connectivity index (χ0) is 17.0. The molecule has 1 aromatic rings. The molecule has 122 valence electrons. The van der Waals surface area contributed by atoms with E-state index in [2.05, 4.69) is 9.72 Å². The standard InChI is InChI=1S/C13H13F4NO4/c1-3-4-5-6(12(19)20)8(10(14)15)18-9(11(16)17)7(5)13(21)22-2/h10-11H,3-4H2,1-2H3,(H,19,20). The van der Waals surface area contributed by atoms with Crippen LogP contribution in [0.2, 0.25) is 0 Å². The minimum Gasteiger partial charge on any atom is -0.478 e. The van der Waals surface area contributed by atoms with Crippen LogP contribution in [0.25, 0.3) is 0 Å². The highest BCUT2D eigenvalue weighted by Crippen LogP contribution is 2.33. The minimum atomic E-state index is -3.37. The van der Waals surface area contributed by atoms with Crippen LogP contribution in [0.4, 0.5) is 17.6 Å². The van der Waals surface area contributed by atoms with Crippen LogP contribution < -0.4 is 0 Å². The Morgan fingerprint density at radius 2 is 1.64 bits per heavy atom. The van der Waals surface area contributed by atoms with Gasteiger partial charge in [0.1, 0.15) is 11.4 Å². The largest absolute Gasteiger partial charge is 0.478 e. The molecule has 0 aliphatic rings. The SMILES string of the molecule is CCCc1c(C(=O)O)c(C(F)F)nc(C(F)F)c1C(=O)OC. The summed E-state index contributed by atoms with van der Waals surface area (Å²) in [6, 6.07) is 0. The van der Waals surface area contributed by atoms with Gasteiger partial charge < -0.3 is 9.84 Å². The molecule has 0 saturated heterocycles. The highest BCUT2D eigenvalue weighted by molar-refractivity contribution is 5.98. The molecule has 1 aromatic heterocycles. The Hall–Kier alpha value is -2.19. The van der Waals surface area contributed by atoms with Gasteiger partial charge in [-0.15, -0.1) is 0 Å². The number of carboxylic acids is 1. The number of nitrogens with zero attached hydrogens (tertiary/aromatic N) is 1. The Balaban J connectivity index is 3.89. The zero-order valence-corrected chi connectivity index (χ0v) is 11.7. The summed E-state index contributed by atoms with van der Waals surface area (Å²) in [5.41, 5.74) is -4.58. The molecule has 0 saturated carbocycles. The van der Waals surface area contributed by atoms with E-state index in [4.69, 9.17) is 5.11 Å². The van der Waals surface area contributed by atoms with Gasteiger partial charge in [-0.2, -0.15) is 0 Å². The topological polar surface area (TPSA) is 76.5 Å². The Morgan fingerprint density at radius 1 is 1.14 bits per heavy atom. The molecule has 0 amide bonds. The number of hydrogen-bond acceptors (Lipinski definition) is 4. The van der Waals surface area contributed by atoms with Crippen molar-refractivity contribution < 1.29 is 37.0 Å². The molecule has 0 aliphatic heterocycles. The van der Waals surface area contributed by atoms with Crippen LogP contribution in [0, 0.1) is 0 Å². The van der Waals surface area contributed by atoms with Gasteiger partial charge in [0.25, 0.3) is 12.9 Å². The average Bonchev–Trinajstić information content (AvgIpc) is 2.44. The third-order valence-corrected chi connectivity index (χ3v) is 2.87. The smallest absolute Gasteiger partial charge is 0.340 e. The first kappa shape index (κ1) is 17.9. The summed E-state index contributed by atoms with van der Waals surface area (Å²) < 4.78 is 56.4. The first-order valence-corrected chi connectivity index (χ1v) is 6.20. The predicted octanol–water partition coefficient (Wildman–Crippen LogP) is 3.39. The first-order valence-electron chi connectivity index (χ1n) is 6.20. The molecule has 9 heteroatoms. The van der Waals surface area contributed by atoms with Crippen LogP contribution in [0.5, 0.6) is 0 Å². The van der Waals surface area contributed by atoms with E-state index in [1.165, 1.54) is 0 Å². The molecule has 1 rings (SSSR count). The van der Waals surface area contributed by atoms with Crippen molar-refractivity contribution in [1.29, 1.82) is 0 Å². The van der Waals surface area contributed by atoms with Crippen molar-refractivity contribution in [2.75, 3.05) is 7.11 Å². The third kappa shape index (κ3) is 3.34. The van der Waals surface area contributed by atoms with E-state index in [0.29, 0.717) is 0 Å². The predicted molar refractivity (Wildman–Crippen MR) is 66.4 cm³/mol. The van der Waals surface area contributed by atoms with Gasteiger partial charge in [0.05, 0.1) is 18.2 Å². The maximum atomic E-state index is 13.1. The lowest BCUT2D eigenvalue weighted by atomic mass is 9.94. The second kappa shape index (κ2) is 7.19. The van der Waals surface area contributed by atoms with Crippen LogP contribution in [-0.2, 0) is 11.2 Å². The highest BCUT2D eigenvalue weighted by atomic mass is 19.3. The molecule has 0 fully saturated rings. The van der Waals surface area contributed by atoms with E-state index < -0.39 is 52.9 Å². The van der Waals surface area contributed by atoms with Crippen molar-refractivity contribution in [2.45, 2.75) is 32.6 Å². The number of pyridine rings is 1. The van der Waals surface area contributed by atoms with Crippen LogP contribution in [0.15, 0.2) is 0 Å². The monoisotopic (exact) mass is 323 g/mol. The third-order valence-electron chi connectivity index (χ3n) is 2.87. The van der Waals surface area contributed by atoms with Gasteiger partial charge in [-0.25, -0.2) is 32.1 Å². The van der Waals surface area contributed by atoms with Gasteiger partial charge in [0.15, 0.2) is 0 Å². The van der Waals surface area contributed by atoms with Crippen LogP contribution in [0.1, 0.15) is 63.9 Å². The number of rotatable bonds is 6. The molecular formula is C13H13F4NO4. The van der Waals surface area contributed by atoms with Gasteiger partial charge >= 0.3 is 11.9 Å². The normalized spacial score (nSPS) is 11.1. The van der Waals surface area contributed by atoms with Gasteiger partial charge in [0.2, 0.25) is 0 Å². The van der Waals surface area contributed by atoms with Crippen molar-refractivity contribution in [3.8, 4) is 0 Å². The van der Waals surface area contributed by atoms with E-state index in [0.717, 1.165) is 7.11 Å². The number of methoxy groups -OCH3 is 1. The van der Waals surface area contributed by atoms with Gasteiger partial charge in [0, 0.05) is 0 Å². The lowest BCUT2D eigenvalue weighted by Crippen LogP contribution is -2.20. The summed E-state index contributed by atoms with van der Waals surface area (Å²) >= 11 is 0. The quantitative estimate of drug-likeness (QED) is 0.641. The molecular weight excluding hydrogens is 310 g/mol. The van der Waals surface area contributed by atoms with Crippen LogP contribution in [-0.4, -0.2) is 29.1 Å². The van der Waals surface area contributed by atoms with Gasteiger partial charge in [-0.3, -0.25) is 0 Å². The highest BCUT2D eigenvalue weighted by Gasteiger charge is 2.33. The number of halogens is 4. The lowest BCUT2D eigenvalue weighted by molar-refractivity contribution is 0.0583. The van der Waals surface area contributed by atoms with E-state index in [9.17, 15) is 27.2 Å². The summed E-state index contributed by atoms with van der Waals surface area (Å²) in [6.45, 7) is 1.58. The molecule has 0 atom stereocenters. The number of ether oxygens (including phenoxy) is 1. The Bertz CT molecular complexity index is 590. The average molecular weight is 323 g/mol. The van der Waals surface area contributed by atoms with Crippen molar-refractivity contribution in [1.82, 2.24) is 4.98 Å². The maximum Gasteiger partial charge on any atom is 0.340 e. The number of esters is 1. The zero-order valence-electron chi connectivity index (χ0n) is 11.7. The number of carbonyl (C=O) groups is 2. The van der Waals surface area contributed by atoms with E-state index in [-0.39, 0.29) is 12.8 Å². The summed E-state index contributed by atoms with van der Waals surface area (Å²) in [6.07, 6.45) is -6.61. The van der Waals surface area contributed by atoms with Gasteiger partial charge in [-0.05, 0) is 12.0 Å². The minimum absolute atomic E-state index is 0.159. The fourth-order valence-corrected chi connectivity index (χ4v) is 2.06. The second-order valence-electron chi connectivity index (χ2n) is 4.26. The molecule has 1 heterocycles.